The number of fused-ring (bicyclic) bond motifs is 1. The summed E-state index contributed by atoms with van der Waals surface area (Å²) in [7, 11) is 0. The minimum Gasteiger partial charge on any atom is -0.361 e. The van der Waals surface area contributed by atoms with Crippen molar-refractivity contribution in [1.29, 1.82) is 0 Å². The highest BCUT2D eigenvalue weighted by molar-refractivity contribution is 5.61. The number of anilines is 1. The van der Waals surface area contributed by atoms with Crippen molar-refractivity contribution in [2.45, 2.75) is 12.8 Å². The first-order valence-electron chi connectivity index (χ1n) is 4.36. The van der Waals surface area contributed by atoms with Crippen molar-refractivity contribution in [1.82, 2.24) is 0 Å². The van der Waals surface area contributed by atoms with Crippen molar-refractivity contribution in [2.75, 3.05) is 5.32 Å². The Morgan fingerprint density at radius 3 is 3.08 bits per heavy atom. The van der Waals surface area contributed by atoms with Crippen molar-refractivity contribution in [3.8, 4) is 0 Å². The van der Waals surface area contributed by atoms with Gasteiger partial charge in [-0.1, -0.05) is 18.2 Å². The van der Waals surface area contributed by atoms with E-state index in [1.807, 2.05) is 24.4 Å². The maximum atomic E-state index is 10.3. The van der Waals surface area contributed by atoms with Crippen molar-refractivity contribution in [2.24, 2.45) is 0 Å². The number of hydrogen-bond donors (Lipinski definition) is 1. The number of carbonyl (C=O) groups excluding carboxylic acids is 1. The Balaban J connectivity index is 2.22. The van der Waals surface area contributed by atoms with Crippen molar-refractivity contribution < 1.29 is 4.79 Å². The number of nitrogens with one attached hydrogen (secondary N) is 1. The summed E-state index contributed by atoms with van der Waals surface area (Å²) in [6.07, 6.45) is 4.29. The summed E-state index contributed by atoms with van der Waals surface area (Å²) in [4.78, 5) is 10.3. The highest BCUT2D eigenvalue weighted by Crippen LogP contribution is 2.23. The highest BCUT2D eigenvalue weighted by Gasteiger charge is 2.08. The van der Waals surface area contributed by atoms with Crippen LogP contribution < -0.4 is 5.32 Å². The van der Waals surface area contributed by atoms with Crippen LogP contribution in [0.1, 0.15) is 12.0 Å². The summed E-state index contributed by atoms with van der Waals surface area (Å²) in [5, 5.41) is 3.18. The Kier molecular flexibility index (Phi) is 2.13. The van der Waals surface area contributed by atoms with Gasteiger partial charge in [-0.15, -0.1) is 0 Å². The average Bonchev–Trinajstić information content (AvgIpc) is 2.18. The maximum absolute atomic E-state index is 10.3. The van der Waals surface area contributed by atoms with Crippen LogP contribution in [0.5, 0.6) is 0 Å². The van der Waals surface area contributed by atoms with Crippen LogP contribution in [0.4, 0.5) is 5.69 Å². The lowest BCUT2D eigenvalue weighted by molar-refractivity contribution is -0.107. The van der Waals surface area contributed by atoms with E-state index in [2.05, 4.69) is 11.4 Å². The van der Waals surface area contributed by atoms with Gasteiger partial charge in [0.15, 0.2) is 0 Å². The molecule has 13 heavy (non-hydrogen) atoms. The minimum atomic E-state index is 0.529. The number of carbonyl (C=O) groups is 1. The number of rotatable bonds is 2. The smallest absolute Gasteiger partial charge is 0.124 e. The summed E-state index contributed by atoms with van der Waals surface area (Å²) in [6, 6.07) is 8.15. The Morgan fingerprint density at radius 2 is 2.23 bits per heavy atom. The molecule has 0 radical (unpaired) electrons. The molecule has 0 aliphatic carbocycles. The monoisotopic (exact) mass is 173 g/mol. The average molecular weight is 173 g/mol. The van der Waals surface area contributed by atoms with Crippen LogP contribution in [-0.2, 0) is 11.2 Å². The van der Waals surface area contributed by atoms with Gasteiger partial charge in [0.2, 0.25) is 0 Å². The lowest BCUT2D eigenvalue weighted by Gasteiger charge is -2.16. The minimum absolute atomic E-state index is 0.529. The van der Waals surface area contributed by atoms with Crippen LogP contribution in [0.25, 0.3) is 0 Å². The second kappa shape index (κ2) is 3.44. The Bertz CT molecular complexity index is 355. The molecule has 2 heteroatoms. The van der Waals surface area contributed by atoms with Gasteiger partial charge < -0.3 is 10.1 Å². The van der Waals surface area contributed by atoms with E-state index in [1.165, 1.54) is 5.56 Å². The zero-order valence-corrected chi connectivity index (χ0v) is 7.29. The Labute approximate surface area is 77.3 Å². The standard InChI is InChI=1S/C11H11NO/c13-6-5-9-7-10-3-1-2-4-11(10)12-8-9/h1-4,6,8,12H,5,7H2. The Morgan fingerprint density at radius 1 is 1.38 bits per heavy atom. The topological polar surface area (TPSA) is 29.1 Å². The van der Waals surface area contributed by atoms with Gasteiger partial charge in [-0.25, -0.2) is 0 Å². The van der Waals surface area contributed by atoms with Gasteiger partial charge >= 0.3 is 0 Å². The molecule has 0 saturated heterocycles. The van der Waals surface area contributed by atoms with Gasteiger partial charge in [0, 0.05) is 18.3 Å². The van der Waals surface area contributed by atoms with Crippen molar-refractivity contribution in [3.05, 3.63) is 41.6 Å². The number of benzene rings is 1. The fourth-order valence-electron chi connectivity index (χ4n) is 1.53. The van der Waals surface area contributed by atoms with Gasteiger partial charge in [-0.2, -0.15) is 0 Å². The zero-order valence-electron chi connectivity index (χ0n) is 7.29. The summed E-state index contributed by atoms with van der Waals surface area (Å²) in [5.74, 6) is 0. The molecule has 1 aliphatic rings. The zero-order chi connectivity index (χ0) is 9.10. The number of hydrogen-bond acceptors (Lipinski definition) is 2. The lowest BCUT2D eigenvalue weighted by Crippen LogP contribution is -2.05. The lowest BCUT2D eigenvalue weighted by atomic mass is 9.99. The van der Waals surface area contributed by atoms with E-state index in [1.54, 1.807) is 0 Å². The maximum Gasteiger partial charge on any atom is 0.124 e. The first kappa shape index (κ1) is 8.05. The van der Waals surface area contributed by atoms with Gasteiger partial charge in [0.05, 0.1) is 0 Å². The quantitative estimate of drug-likeness (QED) is 0.694. The Hall–Kier alpha value is -1.57. The van der Waals surface area contributed by atoms with E-state index in [0.717, 1.165) is 24.0 Å². The molecule has 1 aliphatic heterocycles. The number of aldehydes is 1. The van der Waals surface area contributed by atoms with Crippen LogP contribution >= 0.6 is 0 Å². The molecule has 1 aromatic rings. The van der Waals surface area contributed by atoms with Crippen LogP contribution in [0.15, 0.2) is 36.0 Å². The fraction of sp³-hybridized carbons (Fsp3) is 0.182. The molecule has 1 N–H and O–H groups in total. The largest absolute Gasteiger partial charge is 0.361 e. The van der Waals surface area contributed by atoms with Crippen molar-refractivity contribution >= 4 is 12.0 Å². The van der Waals surface area contributed by atoms with Crippen molar-refractivity contribution in [3.63, 3.8) is 0 Å². The highest BCUT2D eigenvalue weighted by atomic mass is 16.1. The predicted octanol–water partition coefficient (Wildman–Crippen LogP) is 2.13. The first-order valence-corrected chi connectivity index (χ1v) is 4.36. The van der Waals surface area contributed by atoms with Gasteiger partial charge in [-0.05, 0) is 23.6 Å². The number of allylic oxidation sites excluding steroid dienone is 1. The summed E-state index contributed by atoms with van der Waals surface area (Å²) in [6.45, 7) is 0. The van der Waals surface area contributed by atoms with Gasteiger partial charge in [0.25, 0.3) is 0 Å². The molecule has 66 valence electrons. The summed E-state index contributed by atoms with van der Waals surface area (Å²) < 4.78 is 0. The van der Waals surface area contributed by atoms with E-state index in [4.69, 9.17) is 0 Å². The van der Waals surface area contributed by atoms with E-state index >= 15 is 0 Å². The molecule has 0 spiro atoms. The van der Waals surface area contributed by atoms with E-state index in [0.29, 0.717) is 6.42 Å². The molecule has 1 heterocycles. The number of para-hydroxylation sites is 1. The molecule has 0 fully saturated rings. The normalized spacial score (nSPS) is 14.0. The predicted molar refractivity (Wildman–Crippen MR) is 52.5 cm³/mol. The first-order chi connectivity index (χ1) is 6.40. The van der Waals surface area contributed by atoms with E-state index < -0.39 is 0 Å². The summed E-state index contributed by atoms with van der Waals surface area (Å²) >= 11 is 0. The third-order valence-electron chi connectivity index (χ3n) is 2.21. The molecule has 2 rings (SSSR count). The fourth-order valence-corrected chi connectivity index (χ4v) is 1.53. The molecule has 0 bridgehead atoms. The molecule has 0 unspecified atom stereocenters. The molecule has 0 aromatic heterocycles. The molecule has 1 aromatic carbocycles. The van der Waals surface area contributed by atoms with Gasteiger partial charge in [-0.3, -0.25) is 0 Å². The van der Waals surface area contributed by atoms with Gasteiger partial charge in [0.1, 0.15) is 6.29 Å². The van der Waals surface area contributed by atoms with E-state index in [-0.39, 0.29) is 0 Å². The third-order valence-corrected chi connectivity index (χ3v) is 2.21. The molecular weight excluding hydrogens is 162 g/mol. The molecule has 0 atom stereocenters. The van der Waals surface area contributed by atoms with E-state index in [9.17, 15) is 4.79 Å². The molecule has 0 amide bonds. The van der Waals surface area contributed by atoms with Crippen LogP contribution in [-0.4, -0.2) is 6.29 Å². The molecule has 0 saturated carbocycles. The SMILES string of the molecule is O=CCC1=CNc2ccccc2C1. The van der Waals surface area contributed by atoms with Crippen LogP contribution in [0.3, 0.4) is 0 Å². The van der Waals surface area contributed by atoms with Crippen LogP contribution in [0.2, 0.25) is 0 Å². The second-order valence-corrected chi connectivity index (χ2v) is 3.15. The molecule has 2 nitrogen and oxygen atoms in total. The second-order valence-electron chi connectivity index (χ2n) is 3.15. The summed E-state index contributed by atoms with van der Waals surface area (Å²) in [5.41, 5.74) is 3.56. The molecular formula is C11H11NO. The third kappa shape index (κ3) is 1.61. The van der Waals surface area contributed by atoms with Crippen LogP contribution in [0, 0.1) is 0 Å².